The Balaban J connectivity index is 1.43. The number of benzene rings is 2. The van der Waals surface area contributed by atoms with Crippen molar-refractivity contribution >= 4 is 127 Å². The first-order chi connectivity index (χ1) is 20.9. The zero-order valence-corrected chi connectivity index (χ0v) is 27.1. The third kappa shape index (κ3) is 3.05. The first-order valence-corrected chi connectivity index (χ1v) is 17.9. The molecule has 0 bridgehead atoms. The minimum Gasteiger partial charge on any atom is -0.508 e. The Labute approximate surface area is 263 Å². The second kappa shape index (κ2) is 8.22. The fraction of sp³-hybridized carbons (Fsp3) is 0.0909. The largest absolute Gasteiger partial charge is 0.508 e. The quantitative estimate of drug-likeness (QED) is 0.195. The molecule has 10 rings (SSSR count). The van der Waals surface area contributed by atoms with Crippen LogP contribution in [-0.2, 0) is 7.05 Å². The molecule has 10 heteroatoms. The summed E-state index contributed by atoms with van der Waals surface area (Å²) in [5.41, 5.74) is 9.49. The lowest BCUT2D eigenvalue weighted by atomic mass is 10.3. The molecule has 10 aromatic rings. The number of thiophene rings is 5. The topological polar surface area (TPSA) is 55.2 Å². The van der Waals surface area contributed by atoms with Crippen molar-refractivity contribution in [3.63, 3.8) is 0 Å². The van der Waals surface area contributed by atoms with Gasteiger partial charge in [-0.3, -0.25) is 0 Å². The van der Waals surface area contributed by atoms with Crippen molar-refractivity contribution < 1.29 is 10.2 Å². The van der Waals surface area contributed by atoms with Gasteiger partial charge in [-0.05, 0) is 74.5 Å². The molecule has 2 aromatic carbocycles. The first kappa shape index (κ1) is 24.6. The summed E-state index contributed by atoms with van der Waals surface area (Å²) in [7, 11) is 2.23. The average molecular weight is 652 g/mol. The highest BCUT2D eigenvalue weighted by Crippen LogP contribution is 2.55. The van der Waals surface area contributed by atoms with E-state index in [1.807, 2.05) is 80.9 Å². The smallest absolute Gasteiger partial charge is 0.115 e. The maximum atomic E-state index is 10.2. The van der Waals surface area contributed by atoms with Gasteiger partial charge in [0.2, 0.25) is 0 Å². The van der Waals surface area contributed by atoms with Crippen molar-refractivity contribution in [3.8, 4) is 22.9 Å². The number of nitrogens with zero attached hydrogens (tertiary/aromatic N) is 3. The normalized spacial score (nSPS) is 12.7. The van der Waals surface area contributed by atoms with Gasteiger partial charge < -0.3 is 23.9 Å². The van der Waals surface area contributed by atoms with Crippen molar-refractivity contribution in [2.45, 2.75) is 13.8 Å². The third-order valence-corrected chi connectivity index (χ3v) is 14.5. The predicted molar refractivity (Wildman–Crippen MR) is 189 cm³/mol. The van der Waals surface area contributed by atoms with E-state index >= 15 is 0 Å². The first-order valence-electron chi connectivity index (χ1n) is 13.8. The summed E-state index contributed by atoms with van der Waals surface area (Å²) >= 11 is 9.43. The number of hydrogen-bond donors (Lipinski definition) is 2. The summed E-state index contributed by atoms with van der Waals surface area (Å²) in [5, 5.41) is 20.3. The second-order valence-corrected chi connectivity index (χ2v) is 16.7. The van der Waals surface area contributed by atoms with Crippen LogP contribution in [0.2, 0.25) is 0 Å². The lowest BCUT2D eigenvalue weighted by molar-refractivity contribution is 0.474. The predicted octanol–water partition coefficient (Wildman–Crippen LogP) is 11.0. The fourth-order valence-electron chi connectivity index (χ4n) is 6.73. The highest BCUT2D eigenvalue weighted by Gasteiger charge is 2.30. The summed E-state index contributed by atoms with van der Waals surface area (Å²) in [6, 6.07) is 19.7. The Kier molecular flexibility index (Phi) is 4.71. The van der Waals surface area contributed by atoms with E-state index in [1.165, 1.54) is 80.5 Å². The average Bonchev–Trinajstić information content (AvgIpc) is 3.81. The molecule has 43 heavy (non-hydrogen) atoms. The molecule has 0 saturated heterocycles. The number of aromatic nitrogens is 3. The van der Waals surface area contributed by atoms with Gasteiger partial charge in [0.15, 0.2) is 0 Å². The van der Waals surface area contributed by atoms with E-state index in [9.17, 15) is 10.2 Å². The molecule has 0 amide bonds. The highest BCUT2D eigenvalue weighted by molar-refractivity contribution is 7.40. The number of phenols is 2. The summed E-state index contributed by atoms with van der Waals surface area (Å²) in [6.45, 7) is 4.36. The van der Waals surface area contributed by atoms with Crippen LogP contribution in [0.3, 0.4) is 0 Å². The molecule has 8 aromatic heterocycles. The molecule has 0 aliphatic carbocycles. The molecule has 210 valence electrons. The third-order valence-electron chi connectivity index (χ3n) is 8.43. The zero-order chi connectivity index (χ0) is 28.9. The van der Waals surface area contributed by atoms with E-state index in [0.29, 0.717) is 0 Å². The van der Waals surface area contributed by atoms with Crippen LogP contribution in [0.15, 0.2) is 60.7 Å². The van der Waals surface area contributed by atoms with E-state index in [-0.39, 0.29) is 11.5 Å². The van der Waals surface area contributed by atoms with Gasteiger partial charge in [0.05, 0.1) is 66.0 Å². The van der Waals surface area contributed by atoms with E-state index in [1.54, 1.807) is 24.3 Å². The van der Waals surface area contributed by atoms with Crippen LogP contribution in [0.25, 0.3) is 82.1 Å². The van der Waals surface area contributed by atoms with E-state index in [4.69, 9.17) is 0 Å². The number of rotatable bonds is 2. The molecule has 2 N–H and O–H groups in total. The Hall–Kier alpha value is -3.80. The van der Waals surface area contributed by atoms with Crippen LogP contribution in [0.1, 0.15) is 9.75 Å². The molecule has 0 radical (unpaired) electrons. The summed E-state index contributed by atoms with van der Waals surface area (Å²) in [5.74, 6) is 0.518. The Morgan fingerprint density at radius 1 is 0.488 bits per heavy atom. The number of aryl methyl sites for hydroxylation is 3. The Morgan fingerprint density at radius 3 is 1.70 bits per heavy atom. The lowest BCUT2D eigenvalue weighted by Gasteiger charge is -2.06. The molecular weight excluding hydrogens is 631 g/mol. The van der Waals surface area contributed by atoms with Crippen molar-refractivity contribution in [3.05, 3.63) is 70.4 Å². The van der Waals surface area contributed by atoms with Crippen molar-refractivity contribution in [1.29, 1.82) is 0 Å². The lowest BCUT2D eigenvalue weighted by Crippen LogP contribution is -1.92. The van der Waals surface area contributed by atoms with Gasteiger partial charge in [0.1, 0.15) is 11.5 Å². The molecule has 0 unspecified atom stereocenters. The molecular formula is C33H21N3O2S5. The van der Waals surface area contributed by atoms with Crippen LogP contribution >= 0.6 is 56.7 Å². The second-order valence-electron chi connectivity index (χ2n) is 11.1. The maximum Gasteiger partial charge on any atom is 0.115 e. The Bertz CT molecular complexity index is 2770. The van der Waals surface area contributed by atoms with Gasteiger partial charge in [-0.25, -0.2) is 0 Å². The maximum absolute atomic E-state index is 10.2. The minimum atomic E-state index is 0.259. The van der Waals surface area contributed by atoms with Crippen LogP contribution in [-0.4, -0.2) is 23.9 Å². The van der Waals surface area contributed by atoms with Gasteiger partial charge in [-0.2, -0.15) is 0 Å². The highest BCUT2D eigenvalue weighted by atomic mass is 32.1. The number of phenolic OH excluding ortho intramolecular Hbond substituents is 2. The molecule has 0 aliphatic heterocycles. The standard InChI is InChI=1S/C33H21N3O2S5/c1-14-12-20-27(39-14)22-23(35(20)16-4-8-18(37)9-5-16)29-26(36(22)17-6-10-19(38)11-7-17)33-32(42-29)25-31(43-33)30-24(34(25)3)28-21(41-30)13-15(2)40-28/h4-13,37-38H,1-3H3. The van der Waals surface area contributed by atoms with Crippen LogP contribution < -0.4 is 0 Å². The van der Waals surface area contributed by atoms with Gasteiger partial charge in [-0.15, -0.1) is 56.7 Å². The molecule has 0 aliphatic rings. The van der Waals surface area contributed by atoms with Gasteiger partial charge >= 0.3 is 0 Å². The van der Waals surface area contributed by atoms with Crippen LogP contribution in [0, 0.1) is 13.8 Å². The van der Waals surface area contributed by atoms with Crippen molar-refractivity contribution in [2.24, 2.45) is 7.05 Å². The summed E-state index contributed by atoms with van der Waals surface area (Å²) in [6.07, 6.45) is 0. The van der Waals surface area contributed by atoms with E-state index in [0.717, 1.165) is 11.4 Å². The SMILES string of the molecule is Cc1cc2sc3c4sc5c(sc6c7c(c8sc(C)cc8n7-c7ccc(O)cc7)n(-c7ccc(O)cc7)c56)c4n(C)c3c2s1. The molecule has 0 fully saturated rings. The molecule has 0 atom stereocenters. The van der Waals surface area contributed by atoms with Crippen molar-refractivity contribution in [2.75, 3.05) is 0 Å². The van der Waals surface area contributed by atoms with E-state index in [2.05, 4.69) is 46.7 Å². The van der Waals surface area contributed by atoms with Crippen molar-refractivity contribution in [1.82, 2.24) is 13.7 Å². The number of aromatic hydroxyl groups is 2. The molecule has 5 nitrogen and oxygen atoms in total. The van der Waals surface area contributed by atoms with Gasteiger partial charge in [-0.1, -0.05) is 0 Å². The van der Waals surface area contributed by atoms with Crippen LogP contribution in [0.5, 0.6) is 11.5 Å². The zero-order valence-electron chi connectivity index (χ0n) is 23.1. The monoisotopic (exact) mass is 651 g/mol. The van der Waals surface area contributed by atoms with Crippen LogP contribution in [0.4, 0.5) is 0 Å². The number of hydrogen-bond acceptors (Lipinski definition) is 7. The number of fused-ring (bicyclic) bond motifs is 13. The Morgan fingerprint density at radius 2 is 1.00 bits per heavy atom. The molecule has 0 spiro atoms. The summed E-state index contributed by atoms with van der Waals surface area (Å²) < 4.78 is 17.9. The molecule has 0 saturated carbocycles. The van der Waals surface area contributed by atoms with Gasteiger partial charge in [0.25, 0.3) is 0 Å². The fourth-order valence-corrected chi connectivity index (χ4v) is 13.5. The summed E-state index contributed by atoms with van der Waals surface area (Å²) in [4.78, 5) is 2.61. The van der Waals surface area contributed by atoms with E-state index < -0.39 is 0 Å². The molecule has 8 heterocycles. The van der Waals surface area contributed by atoms with Gasteiger partial charge in [0, 0.05) is 32.9 Å². The minimum absolute atomic E-state index is 0.259.